The molecule has 0 atom stereocenters. The van der Waals surface area contributed by atoms with E-state index >= 15 is 0 Å². The molecule has 5 heteroatoms. The highest BCUT2D eigenvalue weighted by molar-refractivity contribution is 6.67. The Morgan fingerprint density at radius 1 is 1.44 bits per heavy atom. The molecular weight excluding hydrogens is 184 g/mol. The summed E-state index contributed by atoms with van der Waals surface area (Å²) in [7, 11) is 1.00. The van der Waals surface area contributed by atoms with Crippen molar-refractivity contribution >= 4 is 34.8 Å². The normalized spacial score (nSPS) is 8.89. The van der Waals surface area contributed by atoms with Crippen LogP contribution in [0, 0.1) is 11.3 Å². The number of nitrogens with zero attached hydrogens (tertiary/aromatic N) is 1. The van der Waals surface area contributed by atoms with Crippen molar-refractivity contribution in [3.63, 3.8) is 0 Å². The highest BCUT2D eigenvalue weighted by atomic mass is 35.6. The molecule has 0 aromatic heterocycles. The largest absolute Gasteiger partial charge is 0.400 e. The van der Waals surface area contributed by atoms with Gasteiger partial charge in [-0.25, -0.2) is 0 Å². The maximum atomic E-state index is 7.90. The molecule has 0 aromatic carbocycles. The zero-order valence-corrected chi connectivity index (χ0v) is 7.00. The molecule has 0 aromatic rings. The summed E-state index contributed by atoms with van der Waals surface area (Å²) in [5.74, 6) is 0. The van der Waals surface area contributed by atoms with Crippen LogP contribution in [-0.4, -0.2) is 16.0 Å². The summed E-state index contributed by atoms with van der Waals surface area (Å²) < 4.78 is -1.39. The molecule has 0 heterocycles. The molecule has 2 nitrogen and oxygen atoms in total. The number of alkyl halides is 3. The standard InChI is InChI=1S/C3H2Cl3N.CH4O/c4-3(5,6)1-2-7;1-2/h1H2;2H,1H3. The van der Waals surface area contributed by atoms with Gasteiger partial charge < -0.3 is 5.11 Å². The summed E-state index contributed by atoms with van der Waals surface area (Å²) in [6.45, 7) is 0. The van der Waals surface area contributed by atoms with Gasteiger partial charge in [0, 0.05) is 7.11 Å². The lowest BCUT2D eigenvalue weighted by Gasteiger charge is -2.00. The fourth-order valence-electron chi connectivity index (χ4n) is 0.0896. The monoisotopic (exact) mass is 189 g/mol. The maximum Gasteiger partial charge on any atom is 0.203 e. The number of nitriles is 1. The van der Waals surface area contributed by atoms with Crippen LogP contribution in [0.2, 0.25) is 0 Å². The van der Waals surface area contributed by atoms with Gasteiger partial charge in [0.25, 0.3) is 0 Å². The van der Waals surface area contributed by atoms with Crippen molar-refractivity contribution in [3.8, 4) is 6.07 Å². The summed E-state index contributed by atoms with van der Waals surface area (Å²) in [5.41, 5.74) is 0. The minimum atomic E-state index is -1.39. The number of hydrogen-bond donors (Lipinski definition) is 1. The van der Waals surface area contributed by atoms with E-state index in [1.165, 1.54) is 0 Å². The lowest BCUT2D eigenvalue weighted by atomic mass is 10.5. The van der Waals surface area contributed by atoms with Crippen LogP contribution in [0.3, 0.4) is 0 Å². The van der Waals surface area contributed by atoms with Crippen LogP contribution in [0.5, 0.6) is 0 Å². The lowest BCUT2D eigenvalue weighted by molar-refractivity contribution is 0.399. The van der Waals surface area contributed by atoms with Crippen LogP contribution in [0.15, 0.2) is 0 Å². The summed E-state index contributed by atoms with van der Waals surface area (Å²) in [6, 6.07) is 1.71. The Kier molecular flexibility index (Phi) is 8.62. The van der Waals surface area contributed by atoms with Crippen molar-refractivity contribution in [2.24, 2.45) is 0 Å². The highest BCUT2D eigenvalue weighted by Crippen LogP contribution is 2.28. The van der Waals surface area contributed by atoms with E-state index in [1.807, 2.05) is 0 Å². The molecule has 0 rings (SSSR count). The van der Waals surface area contributed by atoms with Crippen LogP contribution < -0.4 is 0 Å². The van der Waals surface area contributed by atoms with Crippen molar-refractivity contribution in [1.29, 1.82) is 5.26 Å². The third-order valence-electron chi connectivity index (χ3n) is 0.280. The average molecular weight is 190 g/mol. The number of hydrogen-bond acceptors (Lipinski definition) is 2. The Morgan fingerprint density at radius 3 is 1.78 bits per heavy atom. The van der Waals surface area contributed by atoms with Crippen molar-refractivity contribution in [2.75, 3.05) is 7.11 Å². The first-order valence-electron chi connectivity index (χ1n) is 1.94. The van der Waals surface area contributed by atoms with Crippen LogP contribution in [0.4, 0.5) is 0 Å². The van der Waals surface area contributed by atoms with E-state index in [2.05, 4.69) is 0 Å². The number of aliphatic hydroxyl groups is 1. The van der Waals surface area contributed by atoms with Gasteiger partial charge >= 0.3 is 0 Å². The van der Waals surface area contributed by atoms with Crippen molar-refractivity contribution in [3.05, 3.63) is 0 Å². The predicted molar refractivity (Wildman–Crippen MR) is 38.7 cm³/mol. The fraction of sp³-hybridized carbons (Fsp3) is 0.750. The third kappa shape index (κ3) is 17.8. The minimum absolute atomic E-state index is 0.0579. The third-order valence-corrected chi connectivity index (χ3v) is 0.680. The smallest absolute Gasteiger partial charge is 0.203 e. The molecule has 0 bridgehead atoms. The van der Waals surface area contributed by atoms with Gasteiger partial charge in [-0.2, -0.15) is 5.26 Å². The van der Waals surface area contributed by atoms with Crippen LogP contribution in [0.1, 0.15) is 6.42 Å². The molecule has 54 valence electrons. The van der Waals surface area contributed by atoms with Crippen molar-refractivity contribution < 1.29 is 5.11 Å². The van der Waals surface area contributed by atoms with E-state index in [0.29, 0.717) is 0 Å². The van der Waals surface area contributed by atoms with Crippen LogP contribution in [-0.2, 0) is 0 Å². The Labute approximate surface area is 68.9 Å². The fourth-order valence-corrected chi connectivity index (χ4v) is 0.269. The zero-order valence-electron chi connectivity index (χ0n) is 4.74. The maximum absolute atomic E-state index is 7.90. The van der Waals surface area contributed by atoms with E-state index in [9.17, 15) is 0 Å². The Balaban J connectivity index is 0. The summed E-state index contributed by atoms with van der Waals surface area (Å²) in [6.07, 6.45) is -0.0579. The molecular formula is C4H6Cl3NO. The molecule has 0 saturated heterocycles. The van der Waals surface area contributed by atoms with Crippen LogP contribution >= 0.6 is 34.8 Å². The quantitative estimate of drug-likeness (QED) is 0.593. The first kappa shape index (κ1) is 12.0. The van der Waals surface area contributed by atoms with Crippen molar-refractivity contribution in [1.82, 2.24) is 0 Å². The van der Waals surface area contributed by atoms with Gasteiger partial charge in [0.15, 0.2) is 0 Å². The van der Waals surface area contributed by atoms with Gasteiger partial charge in [-0.05, 0) is 0 Å². The van der Waals surface area contributed by atoms with Gasteiger partial charge in [-0.3, -0.25) is 0 Å². The molecule has 0 aliphatic carbocycles. The second-order valence-electron chi connectivity index (χ2n) is 0.950. The predicted octanol–water partition coefficient (Wildman–Crippen LogP) is 1.88. The zero-order chi connectivity index (χ0) is 7.91. The Hall–Kier alpha value is 0.320. The average Bonchev–Trinajstić information content (AvgIpc) is 1.69. The Morgan fingerprint density at radius 2 is 1.78 bits per heavy atom. The van der Waals surface area contributed by atoms with Gasteiger partial charge in [-0.15, -0.1) is 0 Å². The van der Waals surface area contributed by atoms with Crippen LogP contribution in [0.25, 0.3) is 0 Å². The lowest BCUT2D eigenvalue weighted by Crippen LogP contribution is -1.97. The molecule has 0 amide bonds. The number of aliphatic hydroxyl groups excluding tert-OH is 1. The SMILES string of the molecule is CO.N#CCC(Cl)(Cl)Cl. The van der Waals surface area contributed by atoms with E-state index in [1.54, 1.807) is 6.07 Å². The highest BCUT2D eigenvalue weighted by Gasteiger charge is 2.17. The molecule has 0 radical (unpaired) electrons. The minimum Gasteiger partial charge on any atom is -0.400 e. The molecule has 0 unspecified atom stereocenters. The molecule has 0 spiro atoms. The van der Waals surface area contributed by atoms with Gasteiger partial charge in [0.05, 0.1) is 12.5 Å². The summed E-state index contributed by atoms with van der Waals surface area (Å²) >= 11 is 15.4. The number of rotatable bonds is 0. The van der Waals surface area contributed by atoms with E-state index in [0.717, 1.165) is 7.11 Å². The van der Waals surface area contributed by atoms with Gasteiger partial charge in [-0.1, -0.05) is 34.8 Å². The first-order chi connectivity index (χ1) is 4.06. The van der Waals surface area contributed by atoms with Gasteiger partial charge in [0.1, 0.15) is 0 Å². The number of halogens is 3. The van der Waals surface area contributed by atoms with E-state index < -0.39 is 3.79 Å². The molecule has 0 aliphatic heterocycles. The Bertz CT molecular complexity index is 93.0. The second kappa shape index (κ2) is 6.44. The second-order valence-corrected chi connectivity index (χ2v) is 3.47. The van der Waals surface area contributed by atoms with E-state index in [4.69, 9.17) is 45.2 Å². The molecule has 9 heavy (non-hydrogen) atoms. The van der Waals surface area contributed by atoms with E-state index in [-0.39, 0.29) is 6.42 Å². The molecule has 1 N–H and O–H groups in total. The molecule has 0 fully saturated rings. The van der Waals surface area contributed by atoms with Gasteiger partial charge in [0.2, 0.25) is 3.79 Å². The molecule has 0 aliphatic rings. The summed E-state index contributed by atoms with van der Waals surface area (Å²) in [5, 5.41) is 14.9. The summed E-state index contributed by atoms with van der Waals surface area (Å²) in [4.78, 5) is 0. The topological polar surface area (TPSA) is 44.0 Å². The molecule has 0 saturated carbocycles. The first-order valence-corrected chi connectivity index (χ1v) is 3.08. The van der Waals surface area contributed by atoms with Crippen molar-refractivity contribution in [2.45, 2.75) is 10.2 Å².